The minimum Gasteiger partial charge on any atom is -0.289 e. The highest BCUT2D eigenvalue weighted by atomic mass is 79.9. The molecule has 110 valence electrons. The summed E-state index contributed by atoms with van der Waals surface area (Å²) < 4.78 is 0.774. The van der Waals surface area contributed by atoms with Crippen LogP contribution in [-0.4, -0.2) is 21.1 Å². The molecule has 2 rings (SSSR count). The van der Waals surface area contributed by atoms with Gasteiger partial charge in [0.05, 0.1) is 17.0 Å². The van der Waals surface area contributed by atoms with Gasteiger partial charge in [0.2, 0.25) is 5.95 Å². The fourth-order valence-electron chi connectivity index (χ4n) is 1.98. The van der Waals surface area contributed by atoms with Crippen molar-refractivity contribution >= 4 is 27.8 Å². The average molecular weight is 349 g/mol. The Balaban J connectivity index is 2.25. The molecule has 21 heavy (non-hydrogen) atoms. The van der Waals surface area contributed by atoms with Gasteiger partial charge in [-0.25, -0.2) is 4.98 Å². The number of nitrogens with one attached hydrogen (secondary N) is 1. The van der Waals surface area contributed by atoms with Crippen LogP contribution in [0.5, 0.6) is 0 Å². The normalized spacial score (nSPS) is 10.5. The molecular formula is C15H17BrN4O. The Bertz CT molecular complexity index is 673. The van der Waals surface area contributed by atoms with E-state index >= 15 is 0 Å². The van der Waals surface area contributed by atoms with Crippen molar-refractivity contribution in [2.75, 3.05) is 5.32 Å². The van der Waals surface area contributed by atoms with Crippen LogP contribution < -0.4 is 5.32 Å². The van der Waals surface area contributed by atoms with Crippen LogP contribution >= 0.6 is 15.9 Å². The number of halogens is 1. The molecule has 5 nitrogen and oxygen atoms in total. The fourth-order valence-corrected chi connectivity index (χ4v) is 2.43. The number of carbonyl (C=O) groups excluding carboxylic acids is 1. The molecule has 0 saturated carbocycles. The molecule has 1 heterocycles. The highest BCUT2D eigenvalue weighted by molar-refractivity contribution is 9.10. The topological polar surface area (TPSA) is 67.8 Å². The van der Waals surface area contributed by atoms with E-state index in [1.54, 1.807) is 6.07 Å². The number of anilines is 1. The van der Waals surface area contributed by atoms with Crippen molar-refractivity contribution in [3.05, 3.63) is 45.2 Å². The lowest BCUT2D eigenvalue weighted by Crippen LogP contribution is -2.17. The zero-order valence-corrected chi connectivity index (χ0v) is 13.9. The summed E-state index contributed by atoms with van der Waals surface area (Å²) in [4.78, 5) is 16.7. The number of hydrogen-bond acceptors (Lipinski definition) is 4. The minimum atomic E-state index is -0.251. The fraction of sp³-hybridized carbons (Fsp3) is 0.333. The monoisotopic (exact) mass is 348 g/mol. The number of rotatable bonds is 4. The second kappa shape index (κ2) is 6.76. The SMILES string of the molecule is CCc1nnc(NC(=O)c2cccc(C)c2Br)nc1CC. The molecule has 1 N–H and O–H groups in total. The van der Waals surface area contributed by atoms with Crippen LogP contribution in [0, 0.1) is 6.92 Å². The third-order valence-corrected chi connectivity index (χ3v) is 4.22. The largest absolute Gasteiger partial charge is 0.289 e. The Morgan fingerprint density at radius 2 is 1.90 bits per heavy atom. The van der Waals surface area contributed by atoms with Crippen LogP contribution in [0.15, 0.2) is 22.7 Å². The first-order chi connectivity index (χ1) is 10.1. The maximum Gasteiger partial charge on any atom is 0.259 e. The standard InChI is InChI=1S/C15H17BrN4O/c1-4-11-12(5-2)19-20-15(17-11)18-14(21)10-8-6-7-9(3)13(10)16/h6-8H,4-5H2,1-3H3,(H,17,18,20,21). The van der Waals surface area contributed by atoms with E-state index in [1.165, 1.54) is 0 Å². The molecule has 0 saturated heterocycles. The molecule has 6 heteroatoms. The summed E-state index contributed by atoms with van der Waals surface area (Å²) in [6.07, 6.45) is 1.54. The van der Waals surface area contributed by atoms with Crippen LogP contribution in [0.3, 0.4) is 0 Å². The first kappa shape index (κ1) is 15.6. The van der Waals surface area contributed by atoms with Crippen LogP contribution in [0.25, 0.3) is 0 Å². The van der Waals surface area contributed by atoms with Gasteiger partial charge in [-0.15, -0.1) is 10.2 Å². The predicted molar refractivity (Wildman–Crippen MR) is 85.4 cm³/mol. The van der Waals surface area contributed by atoms with Crippen molar-refractivity contribution in [3.8, 4) is 0 Å². The summed E-state index contributed by atoms with van der Waals surface area (Å²) in [7, 11) is 0. The van der Waals surface area contributed by atoms with E-state index in [0.29, 0.717) is 5.56 Å². The van der Waals surface area contributed by atoms with Gasteiger partial charge in [0.1, 0.15) is 0 Å². The van der Waals surface area contributed by atoms with Crippen molar-refractivity contribution in [2.24, 2.45) is 0 Å². The van der Waals surface area contributed by atoms with Crippen molar-refractivity contribution in [3.63, 3.8) is 0 Å². The average Bonchev–Trinajstić information content (AvgIpc) is 2.49. The molecule has 0 bridgehead atoms. The first-order valence-electron chi connectivity index (χ1n) is 6.85. The number of amides is 1. The van der Waals surface area contributed by atoms with E-state index in [-0.39, 0.29) is 11.9 Å². The molecule has 0 aliphatic carbocycles. The third-order valence-electron chi connectivity index (χ3n) is 3.17. The van der Waals surface area contributed by atoms with E-state index in [1.807, 2.05) is 32.9 Å². The minimum absolute atomic E-state index is 0.238. The zero-order chi connectivity index (χ0) is 15.4. The summed E-state index contributed by atoms with van der Waals surface area (Å²) in [5.41, 5.74) is 3.28. The summed E-state index contributed by atoms with van der Waals surface area (Å²) in [6, 6.07) is 5.52. The van der Waals surface area contributed by atoms with Gasteiger partial charge in [-0.05, 0) is 47.3 Å². The van der Waals surface area contributed by atoms with E-state index < -0.39 is 0 Å². The van der Waals surface area contributed by atoms with E-state index in [2.05, 4.69) is 36.4 Å². The number of aromatic nitrogens is 3. The van der Waals surface area contributed by atoms with Crippen LogP contribution in [0.4, 0.5) is 5.95 Å². The zero-order valence-electron chi connectivity index (χ0n) is 12.3. The molecule has 0 spiro atoms. The highest BCUT2D eigenvalue weighted by Crippen LogP contribution is 2.21. The van der Waals surface area contributed by atoms with Crippen molar-refractivity contribution in [2.45, 2.75) is 33.6 Å². The summed E-state index contributed by atoms with van der Waals surface area (Å²) in [5, 5.41) is 10.8. The van der Waals surface area contributed by atoms with Gasteiger partial charge in [-0.2, -0.15) is 0 Å². The maximum absolute atomic E-state index is 12.3. The maximum atomic E-state index is 12.3. The van der Waals surface area contributed by atoms with Gasteiger partial charge in [0.25, 0.3) is 5.91 Å². The lowest BCUT2D eigenvalue weighted by atomic mass is 10.1. The Hall–Kier alpha value is -1.82. The molecule has 0 aliphatic heterocycles. The van der Waals surface area contributed by atoms with Gasteiger partial charge in [0.15, 0.2) is 0 Å². The Labute approximate surface area is 132 Å². The van der Waals surface area contributed by atoms with Crippen molar-refractivity contribution in [1.82, 2.24) is 15.2 Å². The number of benzene rings is 1. The quantitative estimate of drug-likeness (QED) is 0.920. The molecule has 0 atom stereocenters. The number of hydrogen-bond donors (Lipinski definition) is 1. The lowest BCUT2D eigenvalue weighted by molar-refractivity contribution is 0.102. The van der Waals surface area contributed by atoms with Gasteiger partial charge >= 0.3 is 0 Å². The van der Waals surface area contributed by atoms with Crippen LogP contribution in [-0.2, 0) is 12.8 Å². The van der Waals surface area contributed by atoms with E-state index in [4.69, 9.17) is 0 Å². The highest BCUT2D eigenvalue weighted by Gasteiger charge is 2.14. The summed E-state index contributed by atoms with van der Waals surface area (Å²) >= 11 is 3.43. The van der Waals surface area contributed by atoms with Gasteiger partial charge in [0, 0.05) is 4.47 Å². The van der Waals surface area contributed by atoms with Crippen LogP contribution in [0.2, 0.25) is 0 Å². The second-order valence-electron chi connectivity index (χ2n) is 4.63. The Morgan fingerprint density at radius 3 is 2.57 bits per heavy atom. The van der Waals surface area contributed by atoms with Crippen molar-refractivity contribution < 1.29 is 4.79 Å². The van der Waals surface area contributed by atoms with Crippen LogP contribution in [0.1, 0.15) is 41.2 Å². The number of carbonyl (C=O) groups is 1. The summed E-state index contributed by atoms with van der Waals surface area (Å²) in [5.74, 6) is -0.0128. The third kappa shape index (κ3) is 3.44. The van der Waals surface area contributed by atoms with Gasteiger partial charge in [-0.3, -0.25) is 10.1 Å². The molecule has 0 fully saturated rings. The Kier molecular flexibility index (Phi) is 5.01. The van der Waals surface area contributed by atoms with Gasteiger partial charge in [-0.1, -0.05) is 26.0 Å². The molecule has 0 unspecified atom stereocenters. The lowest BCUT2D eigenvalue weighted by Gasteiger charge is -2.09. The molecule has 2 aromatic rings. The molecule has 1 aromatic heterocycles. The number of aryl methyl sites for hydroxylation is 3. The van der Waals surface area contributed by atoms with E-state index in [9.17, 15) is 4.79 Å². The van der Waals surface area contributed by atoms with Gasteiger partial charge < -0.3 is 0 Å². The smallest absolute Gasteiger partial charge is 0.259 e. The Morgan fingerprint density at radius 1 is 1.19 bits per heavy atom. The van der Waals surface area contributed by atoms with E-state index in [0.717, 1.165) is 34.3 Å². The molecule has 0 aliphatic rings. The second-order valence-corrected chi connectivity index (χ2v) is 5.42. The summed E-state index contributed by atoms with van der Waals surface area (Å²) in [6.45, 7) is 5.95. The molecule has 1 amide bonds. The molecule has 0 radical (unpaired) electrons. The first-order valence-corrected chi connectivity index (χ1v) is 7.65. The number of nitrogens with zero attached hydrogens (tertiary/aromatic N) is 3. The van der Waals surface area contributed by atoms with Crippen molar-refractivity contribution in [1.29, 1.82) is 0 Å². The molecule has 1 aromatic carbocycles. The predicted octanol–water partition coefficient (Wildman–Crippen LogP) is 3.32. The molecular weight excluding hydrogens is 332 g/mol.